The number of nitrogens with one attached hydrogen (secondary N) is 1. The molecule has 2 N–H and O–H groups in total. The number of tetrazole rings is 1. The molecule has 2 rings (SSSR count). The number of carbonyl (C=O) groups is 2. The average Bonchev–Trinajstić information content (AvgIpc) is 2.92. The molecule has 0 radical (unpaired) electrons. The average molecular weight is 261 g/mol. The number of hydrogen-bond donors (Lipinski definition) is 2. The van der Waals surface area contributed by atoms with Crippen molar-refractivity contribution >= 4 is 11.9 Å². The van der Waals surface area contributed by atoms with E-state index in [1.54, 1.807) is 24.3 Å². The summed E-state index contributed by atoms with van der Waals surface area (Å²) in [6.07, 6.45) is 1.34. The second-order valence-corrected chi connectivity index (χ2v) is 3.70. The molecule has 2 aromatic rings. The van der Waals surface area contributed by atoms with Crippen LogP contribution >= 0.6 is 0 Å². The maximum absolute atomic E-state index is 11.7. The summed E-state index contributed by atoms with van der Waals surface area (Å²) in [4.78, 5) is 22.0. The number of carboxylic acid groups (broad SMARTS) is 1. The molecule has 0 saturated heterocycles. The van der Waals surface area contributed by atoms with Crippen molar-refractivity contribution in [2.24, 2.45) is 0 Å². The van der Waals surface area contributed by atoms with Crippen LogP contribution in [0.3, 0.4) is 0 Å². The van der Waals surface area contributed by atoms with E-state index in [0.29, 0.717) is 5.56 Å². The lowest BCUT2D eigenvalue weighted by molar-refractivity contribution is -0.136. The van der Waals surface area contributed by atoms with Crippen molar-refractivity contribution in [3.8, 4) is 5.69 Å². The quantitative estimate of drug-likeness (QED) is 0.775. The van der Waals surface area contributed by atoms with Crippen molar-refractivity contribution in [3.63, 3.8) is 0 Å². The van der Waals surface area contributed by atoms with E-state index in [2.05, 4.69) is 20.8 Å². The van der Waals surface area contributed by atoms with Crippen LogP contribution in [0.15, 0.2) is 30.6 Å². The number of carbonyl (C=O) groups excluding carboxylic acids is 1. The Kier molecular flexibility index (Phi) is 3.81. The van der Waals surface area contributed by atoms with E-state index in [1.807, 2.05) is 0 Å². The van der Waals surface area contributed by atoms with E-state index in [-0.39, 0.29) is 18.9 Å². The largest absolute Gasteiger partial charge is 0.481 e. The minimum Gasteiger partial charge on any atom is -0.481 e. The Morgan fingerprint density at radius 1 is 1.26 bits per heavy atom. The van der Waals surface area contributed by atoms with Crippen LogP contribution in [0.5, 0.6) is 0 Å². The normalized spacial score (nSPS) is 10.1. The number of rotatable bonds is 5. The zero-order chi connectivity index (χ0) is 13.7. The summed E-state index contributed by atoms with van der Waals surface area (Å²) in [5.74, 6) is -1.26. The van der Waals surface area contributed by atoms with E-state index >= 15 is 0 Å². The Hall–Kier alpha value is -2.77. The molecule has 0 aliphatic heterocycles. The third kappa shape index (κ3) is 3.35. The van der Waals surface area contributed by atoms with Crippen molar-refractivity contribution < 1.29 is 14.7 Å². The molecule has 19 heavy (non-hydrogen) atoms. The zero-order valence-electron chi connectivity index (χ0n) is 9.85. The highest BCUT2D eigenvalue weighted by molar-refractivity contribution is 5.94. The standard InChI is InChI=1S/C11H11N5O3/c17-10(18)5-6-12-11(19)8-1-3-9(4-2-8)16-7-13-14-15-16/h1-4,7H,5-6H2,(H,12,19)(H,17,18). The van der Waals surface area contributed by atoms with Crippen LogP contribution in [0.1, 0.15) is 16.8 Å². The van der Waals surface area contributed by atoms with Gasteiger partial charge < -0.3 is 10.4 Å². The van der Waals surface area contributed by atoms with Gasteiger partial charge in [-0.1, -0.05) is 0 Å². The second kappa shape index (κ2) is 5.71. The predicted molar refractivity (Wildman–Crippen MR) is 63.7 cm³/mol. The van der Waals surface area contributed by atoms with Crippen LogP contribution in [0.2, 0.25) is 0 Å². The van der Waals surface area contributed by atoms with Crippen molar-refractivity contribution in [1.29, 1.82) is 0 Å². The van der Waals surface area contributed by atoms with Gasteiger partial charge in [-0.05, 0) is 34.7 Å². The fraction of sp³-hybridized carbons (Fsp3) is 0.182. The Balaban J connectivity index is 1.98. The first-order chi connectivity index (χ1) is 9.16. The van der Waals surface area contributed by atoms with Crippen molar-refractivity contribution in [1.82, 2.24) is 25.5 Å². The van der Waals surface area contributed by atoms with Crippen LogP contribution in [0.4, 0.5) is 0 Å². The highest BCUT2D eigenvalue weighted by Crippen LogP contribution is 2.07. The summed E-state index contributed by atoms with van der Waals surface area (Å²) in [6, 6.07) is 6.63. The fourth-order valence-electron chi connectivity index (χ4n) is 1.43. The molecule has 98 valence electrons. The first-order valence-corrected chi connectivity index (χ1v) is 5.50. The number of nitrogens with zero attached hydrogens (tertiary/aromatic N) is 4. The van der Waals surface area contributed by atoms with Gasteiger partial charge in [0.05, 0.1) is 12.1 Å². The SMILES string of the molecule is O=C(O)CCNC(=O)c1ccc(-n2cnnn2)cc1. The Labute approximate surface area is 108 Å². The van der Waals surface area contributed by atoms with Gasteiger partial charge in [0.25, 0.3) is 5.91 Å². The number of carboxylic acids is 1. The molecule has 8 nitrogen and oxygen atoms in total. The van der Waals surface area contributed by atoms with E-state index in [0.717, 1.165) is 5.69 Å². The maximum Gasteiger partial charge on any atom is 0.305 e. The van der Waals surface area contributed by atoms with E-state index in [9.17, 15) is 9.59 Å². The Morgan fingerprint density at radius 2 is 2.00 bits per heavy atom. The lowest BCUT2D eigenvalue weighted by Gasteiger charge is -2.04. The first-order valence-electron chi connectivity index (χ1n) is 5.50. The van der Waals surface area contributed by atoms with Gasteiger partial charge in [-0.3, -0.25) is 9.59 Å². The summed E-state index contributed by atoms with van der Waals surface area (Å²) in [5.41, 5.74) is 1.18. The van der Waals surface area contributed by atoms with Gasteiger partial charge in [-0.25, -0.2) is 4.68 Å². The summed E-state index contributed by atoms with van der Waals surface area (Å²) in [6.45, 7) is 0.100. The first kappa shape index (κ1) is 12.7. The lowest BCUT2D eigenvalue weighted by atomic mass is 10.2. The molecule has 0 fully saturated rings. The van der Waals surface area contributed by atoms with Gasteiger partial charge in [0, 0.05) is 12.1 Å². The summed E-state index contributed by atoms with van der Waals surface area (Å²) >= 11 is 0. The third-order valence-electron chi connectivity index (χ3n) is 2.37. The summed E-state index contributed by atoms with van der Waals surface area (Å²) in [7, 11) is 0. The van der Waals surface area contributed by atoms with Gasteiger partial charge in [-0.15, -0.1) is 5.10 Å². The molecule has 1 aromatic carbocycles. The van der Waals surface area contributed by atoms with Crippen LogP contribution in [0, 0.1) is 0 Å². The van der Waals surface area contributed by atoms with Crippen LogP contribution < -0.4 is 5.32 Å². The number of aromatic nitrogens is 4. The van der Waals surface area contributed by atoms with Gasteiger partial charge in [0.1, 0.15) is 6.33 Å². The zero-order valence-corrected chi connectivity index (χ0v) is 9.85. The Bertz CT molecular complexity index is 565. The minimum absolute atomic E-state index is 0.100. The molecule has 1 heterocycles. The van der Waals surface area contributed by atoms with Gasteiger partial charge in [0.2, 0.25) is 0 Å². The number of hydrogen-bond acceptors (Lipinski definition) is 5. The third-order valence-corrected chi connectivity index (χ3v) is 2.37. The van der Waals surface area contributed by atoms with Crippen LogP contribution in [-0.2, 0) is 4.79 Å². The fourth-order valence-corrected chi connectivity index (χ4v) is 1.43. The molecule has 0 atom stereocenters. The van der Waals surface area contributed by atoms with Crippen molar-refractivity contribution in [2.45, 2.75) is 6.42 Å². The number of aliphatic carboxylic acids is 1. The molecule has 0 unspecified atom stereocenters. The molecular formula is C11H11N5O3. The van der Waals surface area contributed by atoms with Gasteiger partial charge >= 0.3 is 5.97 Å². The molecule has 8 heteroatoms. The van der Waals surface area contributed by atoms with Gasteiger partial charge in [0.15, 0.2) is 0 Å². The number of benzene rings is 1. The van der Waals surface area contributed by atoms with Crippen LogP contribution in [0.25, 0.3) is 5.69 Å². The van der Waals surface area contributed by atoms with E-state index in [4.69, 9.17) is 5.11 Å². The Morgan fingerprint density at radius 3 is 2.58 bits per heavy atom. The molecule has 1 amide bonds. The molecular weight excluding hydrogens is 250 g/mol. The molecule has 0 aliphatic rings. The molecule has 0 aliphatic carbocycles. The van der Waals surface area contributed by atoms with E-state index < -0.39 is 5.97 Å². The highest BCUT2D eigenvalue weighted by Gasteiger charge is 2.06. The van der Waals surface area contributed by atoms with Crippen molar-refractivity contribution in [3.05, 3.63) is 36.2 Å². The van der Waals surface area contributed by atoms with Crippen molar-refractivity contribution in [2.75, 3.05) is 6.54 Å². The molecule has 0 spiro atoms. The topological polar surface area (TPSA) is 110 Å². The maximum atomic E-state index is 11.7. The highest BCUT2D eigenvalue weighted by atomic mass is 16.4. The molecule has 0 bridgehead atoms. The summed E-state index contributed by atoms with van der Waals surface area (Å²) < 4.78 is 1.46. The molecule has 1 aromatic heterocycles. The minimum atomic E-state index is -0.950. The predicted octanol–water partition coefficient (Wildman–Crippen LogP) is -0.133. The molecule has 0 saturated carbocycles. The van der Waals surface area contributed by atoms with Gasteiger partial charge in [-0.2, -0.15) is 0 Å². The lowest BCUT2D eigenvalue weighted by Crippen LogP contribution is -2.25. The van der Waals surface area contributed by atoms with E-state index in [1.165, 1.54) is 11.0 Å². The number of amides is 1. The monoisotopic (exact) mass is 261 g/mol. The second-order valence-electron chi connectivity index (χ2n) is 3.70. The van der Waals surface area contributed by atoms with Crippen LogP contribution in [-0.4, -0.2) is 43.7 Å². The summed E-state index contributed by atoms with van der Waals surface area (Å²) in [5, 5.41) is 21.7. The smallest absolute Gasteiger partial charge is 0.305 e.